The van der Waals surface area contributed by atoms with Gasteiger partial charge in [-0.2, -0.15) is 0 Å². The summed E-state index contributed by atoms with van der Waals surface area (Å²) in [7, 11) is 1.36. The number of aliphatic hydroxyl groups excluding tert-OH is 1. The highest BCUT2D eigenvalue weighted by molar-refractivity contribution is 5.93. The number of benzene rings is 2. The Bertz CT molecular complexity index is 1270. The molecule has 0 aliphatic rings. The molecule has 1 heterocycles. The van der Waals surface area contributed by atoms with Crippen LogP contribution in [0.4, 0.5) is 4.79 Å². The van der Waals surface area contributed by atoms with E-state index in [1.165, 1.54) is 7.11 Å². The number of aromatic nitrogens is 1. The Kier molecular flexibility index (Phi) is 11.3. The fourth-order valence-corrected chi connectivity index (χ4v) is 4.17. The highest BCUT2D eigenvalue weighted by Crippen LogP contribution is 2.29. The number of amides is 1. The van der Waals surface area contributed by atoms with E-state index in [9.17, 15) is 14.7 Å². The first-order valence-electron chi connectivity index (χ1n) is 14.0. The van der Waals surface area contributed by atoms with Gasteiger partial charge < -0.3 is 24.2 Å². The molecule has 3 aromatic rings. The van der Waals surface area contributed by atoms with Crippen molar-refractivity contribution in [2.24, 2.45) is 5.92 Å². The smallest absolute Gasteiger partial charge is 0.410 e. The molecule has 0 radical (unpaired) electrons. The standard InChI is InChI=1S/C33H42N2O6/c1-23(2)22-40-30-19-26(15-16-28(30)31(37)39-6)25-13-11-24(12-14-25)9-8-18-35(32(38)41-33(3,4)5)21-29(36)27-10-7-17-34-20-27/h7,10-17,19-20,23,29,36H,8-9,18,21-22H2,1-6H3/t29-/m0/s1. The van der Waals surface area contributed by atoms with Crippen LogP contribution in [0.5, 0.6) is 5.75 Å². The second-order valence-corrected chi connectivity index (χ2v) is 11.4. The molecular weight excluding hydrogens is 520 g/mol. The number of carbonyl (C=O) groups is 2. The van der Waals surface area contributed by atoms with E-state index in [0.29, 0.717) is 42.4 Å². The summed E-state index contributed by atoms with van der Waals surface area (Å²) >= 11 is 0. The predicted molar refractivity (Wildman–Crippen MR) is 159 cm³/mol. The van der Waals surface area contributed by atoms with Crippen LogP contribution in [-0.2, 0) is 15.9 Å². The van der Waals surface area contributed by atoms with Crippen LogP contribution in [0.1, 0.15) is 68.6 Å². The molecule has 1 N–H and O–H groups in total. The summed E-state index contributed by atoms with van der Waals surface area (Å²) in [5.41, 5.74) is 3.45. The second-order valence-electron chi connectivity index (χ2n) is 11.4. The molecule has 8 heteroatoms. The van der Waals surface area contributed by atoms with E-state index in [0.717, 1.165) is 23.1 Å². The highest BCUT2D eigenvalue weighted by Gasteiger charge is 2.24. The second kappa shape index (κ2) is 14.6. The van der Waals surface area contributed by atoms with Crippen LogP contribution in [0.25, 0.3) is 11.1 Å². The van der Waals surface area contributed by atoms with Crippen LogP contribution < -0.4 is 4.74 Å². The number of aliphatic hydroxyl groups is 1. The molecule has 220 valence electrons. The quantitative estimate of drug-likeness (QED) is 0.253. The number of hydrogen-bond acceptors (Lipinski definition) is 7. The zero-order valence-corrected chi connectivity index (χ0v) is 24.9. The average Bonchev–Trinajstić information content (AvgIpc) is 2.94. The molecule has 0 bridgehead atoms. The van der Waals surface area contributed by atoms with E-state index in [2.05, 4.69) is 31.0 Å². The molecule has 0 spiro atoms. The summed E-state index contributed by atoms with van der Waals surface area (Å²) in [6.07, 6.45) is 3.36. The summed E-state index contributed by atoms with van der Waals surface area (Å²) < 4.78 is 16.4. The number of ether oxygens (including phenoxy) is 3. The van der Waals surface area contributed by atoms with Crippen LogP contribution >= 0.6 is 0 Å². The third kappa shape index (κ3) is 9.90. The first kappa shape index (κ1) is 31.6. The monoisotopic (exact) mass is 562 g/mol. The minimum atomic E-state index is -0.865. The van der Waals surface area contributed by atoms with Crippen LogP contribution in [0, 0.1) is 5.92 Å². The van der Waals surface area contributed by atoms with Gasteiger partial charge in [0, 0.05) is 24.5 Å². The third-order valence-electron chi connectivity index (χ3n) is 6.25. The number of nitrogens with zero attached hydrogens (tertiary/aromatic N) is 2. The lowest BCUT2D eigenvalue weighted by atomic mass is 10.00. The molecule has 2 aromatic carbocycles. The van der Waals surface area contributed by atoms with Gasteiger partial charge in [0.05, 0.1) is 26.4 Å². The molecular formula is C33H42N2O6. The van der Waals surface area contributed by atoms with Crippen molar-refractivity contribution in [1.29, 1.82) is 0 Å². The maximum Gasteiger partial charge on any atom is 0.410 e. The summed E-state index contributed by atoms with van der Waals surface area (Å²) in [6, 6.07) is 17.2. The Morgan fingerprint density at radius 2 is 1.73 bits per heavy atom. The molecule has 3 rings (SSSR count). The Hall–Kier alpha value is -3.91. The lowest BCUT2D eigenvalue weighted by molar-refractivity contribution is 0.0141. The normalized spacial score (nSPS) is 12.1. The topological polar surface area (TPSA) is 98.2 Å². The van der Waals surface area contributed by atoms with Crippen molar-refractivity contribution >= 4 is 12.1 Å². The Labute approximate surface area is 243 Å². The number of methoxy groups -OCH3 is 1. The Balaban J connectivity index is 1.67. The van der Waals surface area contributed by atoms with Crippen molar-refractivity contribution in [3.05, 3.63) is 83.7 Å². The first-order chi connectivity index (χ1) is 19.5. The van der Waals surface area contributed by atoms with Gasteiger partial charge in [-0.15, -0.1) is 0 Å². The Morgan fingerprint density at radius 3 is 2.34 bits per heavy atom. The largest absolute Gasteiger partial charge is 0.492 e. The third-order valence-corrected chi connectivity index (χ3v) is 6.25. The number of pyridine rings is 1. The van der Waals surface area contributed by atoms with Crippen molar-refractivity contribution in [1.82, 2.24) is 9.88 Å². The molecule has 1 aromatic heterocycles. The number of carbonyl (C=O) groups excluding carboxylic acids is 2. The van der Waals surface area contributed by atoms with Crippen molar-refractivity contribution in [2.45, 2.75) is 59.2 Å². The van der Waals surface area contributed by atoms with Gasteiger partial charge in [0.15, 0.2) is 0 Å². The molecule has 8 nitrogen and oxygen atoms in total. The minimum Gasteiger partial charge on any atom is -0.492 e. The first-order valence-corrected chi connectivity index (χ1v) is 14.0. The summed E-state index contributed by atoms with van der Waals surface area (Å²) in [4.78, 5) is 30.7. The maximum absolute atomic E-state index is 12.9. The lowest BCUT2D eigenvalue weighted by Crippen LogP contribution is -2.40. The number of rotatable bonds is 12. The van der Waals surface area contributed by atoms with Gasteiger partial charge in [0.25, 0.3) is 0 Å². The van der Waals surface area contributed by atoms with Crippen LogP contribution in [0.15, 0.2) is 67.0 Å². The van der Waals surface area contributed by atoms with E-state index < -0.39 is 23.8 Å². The molecule has 1 amide bonds. The van der Waals surface area contributed by atoms with E-state index in [-0.39, 0.29) is 6.54 Å². The molecule has 0 aliphatic carbocycles. The van der Waals surface area contributed by atoms with Crippen molar-refractivity contribution in [2.75, 3.05) is 26.8 Å². The summed E-state index contributed by atoms with van der Waals surface area (Å²) in [5.74, 6) is 0.384. The van der Waals surface area contributed by atoms with Crippen molar-refractivity contribution < 1.29 is 28.9 Å². The molecule has 0 unspecified atom stereocenters. The number of aryl methyl sites for hydroxylation is 1. The van der Waals surface area contributed by atoms with Crippen LogP contribution in [0.3, 0.4) is 0 Å². The highest BCUT2D eigenvalue weighted by atomic mass is 16.6. The molecule has 0 saturated heterocycles. The van der Waals surface area contributed by atoms with E-state index in [4.69, 9.17) is 14.2 Å². The van der Waals surface area contributed by atoms with Crippen LogP contribution in [-0.4, -0.2) is 59.5 Å². The minimum absolute atomic E-state index is 0.113. The number of hydrogen-bond donors (Lipinski definition) is 1. The van der Waals surface area contributed by atoms with Gasteiger partial charge in [-0.05, 0) is 74.4 Å². The maximum atomic E-state index is 12.9. The molecule has 0 fully saturated rings. The van der Waals surface area contributed by atoms with Crippen molar-refractivity contribution in [3.63, 3.8) is 0 Å². The summed E-state index contributed by atoms with van der Waals surface area (Å²) in [6.45, 7) is 10.6. The van der Waals surface area contributed by atoms with Gasteiger partial charge in [-0.25, -0.2) is 9.59 Å². The van der Waals surface area contributed by atoms with Crippen molar-refractivity contribution in [3.8, 4) is 16.9 Å². The van der Waals surface area contributed by atoms with Gasteiger partial charge in [-0.3, -0.25) is 4.98 Å². The lowest BCUT2D eigenvalue weighted by Gasteiger charge is -2.29. The summed E-state index contributed by atoms with van der Waals surface area (Å²) in [5, 5.41) is 10.7. The fraction of sp³-hybridized carbons (Fsp3) is 0.424. The van der Waals surface area contributed by atoms with Crippen LogP contribution in [0.2, 0.25) is 0 Å². The van der Waals surface area contributed by atoms with E-state index >= 15 is 0 Å². The zero-order chi connectivity index (χ0) is 30.0. The Morgan fingerprint density at radius 1 is 1.02 bits per heavy atom. The van der Waals surface area contributed by atoms with Gasteiger partial charge >= 0.3 is 12.1 Å². The average molecular weight is 563 g/mol. The zero-order valence-electron chi connectivity index (χ0n) is 24.9. The molecule has 1 atom stereocenters. The van der Waals surface area contributed by atoms with E-state index in [1.807, 2.05) is 45.0 Å². The fourth-order valence-electron chi connectivity index (χ4n) is 4.17. The number of esters is 1. The van der Waals surface area contributed by atoms with Gasteiger partial charge in [0.1, 0.15) is 16.9 Å². The predicted octanol–water partition coefficient (Wildman–Crippen LogP) is 6.47. The molecule has 0 aliphatic heterocycles. The molecule has 0 saturated carbocycles. The molecule has 41 heavy (non-hydrogen) atoms. The van der Waals surface area contributed by atoms with Gasteiger partial charge in [-0.1, -0.05) is 50.2 Å². The SMILES string of the molecule is COC(=O)c1ccc(-c2ccc(CCCN(C[C@H](O)c3cccnc3)C(=O)OC(C)(C)C)cc2)cc1OCC(C)C. The van der Waals surface area contributed by atoms with E-state index in [1.54, 1.807) is 35.5 Å². The van der Waals surface area contributed by atoms with Gasteiger partial charge in [0.2, 0.25) is 0 Å².